The zero-order valence-corrected chi connectivity index (χ0v) is 20.4. The van der Waals surface area contributed by atoms with Gasteiger partial charge in [-0.15, -0.1) is 0 Å². The van der Waals surface area contributed by atoms with Crippen LogP contribution < -0.4 is 5.32 Å². The van der Waals surface area contributed by atoms with E-state index < -0.39 is 13.3 Å². The Morgan fingerprint density at radius 2 is 1.57 bits per heavy atom. The van der Waals surface area contributed by atoms with E-state index in [-0.39, 0.29) is 28.2 Å². The van der Waals surface area contributed by atoms with Gasteiger partial charge in [0.15, 0.2) is 0 Å². The number of hydrogen-bond acceptors (Lipinski definition) is 2. The average Bonchev–Trinajstić information content (AvgIpc) is 2.96. The maximum atomic E-state index is 12.7. The highest BCUT2D eigenvalue weighted by atomic mass is 31.2. The van der Waals surface area contributed by atoms with Gasteiger partial charge in [0.25, 0.3) is 0 Å². The van der Waals surface area contributed by atoms with Crippen molar-refractivity contribution in [1.82, 2.24) is 5.32 Å². The quantitative estimate of drug-likeness (QED) is 0.522. The van der Waals surface area contributed by atoms with E-state index in [1.807, 2.05) is 20.8 Å². The summed E-state index contributed by atoms with van der Waals surface area (Å²) in [6.45, 7) is 10.8. The maximum Gasteiger partial charge on any atom is 0.328 e. The third-order valence-corrected chi connectivity index (χ3v) is 11.5. The number of nitrogens with one attached hydrogen (secondary N) is 1. The Morgan fingerprint density at radius 1 is 0.933 bits per heavy atom. The highest BCUT2D eigenvalue weighted by Crippen LogP contribution is 2.67. The molecular formula is C24H42NO4P. The van der Waals surface area contributed by atoms with Crippen LogP contribution >= 0.6 is 7.60 Å². The molecule has 4 aliphatic rings. The molecule has 4 fully saturated rings. The zero-order valence-electron chi connectivity index (χ0n) is 19.5. The minimum absolute atomic E-state index is 0.169. The molecule has 0 spiro atoms. The fourth-order valence-electron chi connectivity index (χ4n) is 8.15. The number of rotatable bonds is 2. The van der Waals surface area contributed by atoms with Crippen molar-refractivity contribution >= 4 is 13.5 Å². The molecule has 4 rings (SSSR count). The molecule has 0 aromatic heterocycles. The van der Waals surface area contributed by atoms with E-state index in [9.17, 15) is 19.1 Å². The van der Waals surface area contributed by atoms with Crippen LogP contribution in [0, 0.1) is 39.9 Å². The fourth-order valence-corrected chi connectivity index (χ4v) is 9.15. The van der Waals surface area contributed by atoms with Gasteiger partial charge >= 0.3 is 7.60 Å². The molecule has 172 valence electrons. The largest absolute Gasteiger partial charge is 0.352 e. The summed E-state index contributed by atoms with van der Waals surface area (Å²) < 4.78 is 11.9. The Kier molecular flexibility index (Phi) is 5.56. The Hall–Kier alpha value is -0.380. The molecule has 1 amide bonds. The monoisotopic (exact) mass is 439 g/mol. The van der Waals surface area contributed by atoms with E-state index >= 15 is 0 Å². The molecule has 5 nitrogen and oxygen atoms in total. The molecule has 0 aromatic rings. The molecular weight excluding hydrogens is 397 g/mol. The lowest BCUT2D eigenvalue weighted by molar-refractivity contribution is -0.132. The Balaban J connectivity index is 1.51. The van der Waals surface area contributed by atoms with E-state index in [0.717, 1.165) is 25.7 Å². The van der Waals surface area contributed by atoms with Crippen LogP contribution in [0.15, 0.2) is 0 Å². The lowest BCUT2D eigenvalue weighted by atomic mass is 9.45. The van der Waals surface area contributed by atoms with Crippen molar-refractivity contribution in [2.24, 2.45) is 39.9 Å². The highest BCUT2D eigenvalue weighted by molar-refractivity contribution is 7.52. The van der Waals surface area contributed by atoms with E-state index in [1.165, 1.54) is 19.3 Å². The molecule has 0 bridgehead atoms. The van der Waals surface area contributed by atoms with Crippen molar-refractivity contribution in [3.05, 3.63) is 0 Å². The van der Waals surface area contributed by atoms with Crippen molar-refractivity contribution < 1.29 is 19.1 Å². The molecule has 3 unspecified atom stereocenters. The lowest BCUT2D eigenvalue weighted by Crippen LogP contribution is -2.56. The van der Waals surface area contributed by atoms with Gasteiger partial charge in [-0.2, -0.15) is 0 Å². The predicted molar refractivity (Wildman–Crippen MR) is 119 cm³/mol. The minimum atomic E-state index is -3.98. The average molecular weight is 440 g/mol. The first-order valence-electron chi connectivity index (χ1n) is 12.1. The summed E-state index contributed by atoms with van der Waals surface area (Å²) in [5.41, 5.74) is -0.365. The first-order valence-corrected chi connectivity index (χ1v) is 13.8. The smallest absolute Gasteiger partial charge is 0.328 e. The van der Waals surface area contributed by atoms with Gasteiger partial charge in [-0.05, 0) is 92.3 Å². The zero-order chi connectivity index (χ0) is 22.1. The maximum absolute atomic E-state index is 12.7. The normalized spacial score (nSPS) is 46.5. The predicted octanol–water partition coefficient (Wildman–Crippen LogP) is 5.11. The Labute approximate surface area is 182 Å². The van der Waals surface area contributed by atoms with Crippen LogP contribution in [0.25, 0.3) is 0 Å². The van der Waals surface area contributed by atoms with Crippen molar-refractivity contribution in [3.8, 4) is 0 Å². The number of fused-ring (bicyclic) bond motifs is 5. The molecule has 0 radical (unpaired) electrons. The number of carbonyl (C=O) groups is 1. The van der Waals surface area contributed by atoms with Gasteiger partial charge in [-0.1, -0.05) is 34.6 Å². The molecule has 3 N–H and O–H groups in total. The van der Waals surface area contributed by atoms with Crippen LogP contribution in [0.4, 0.5) is 0 Å². The highest BCUT2D eigenvalue weighted by Gasteiger charge is 2.61. The van der Waals surface area contributed by atoms with Crippen LogP contribution in [0.1, 0.15) is 92.4 Å². The third kappa shape index (κ3) is 3.61. The van der Waals surface area contributed by atoms with Crippen molar-refractivity contribution in [3.63, 3.8) is 0 Å². The minimum Gasteiger partial charge on any atom is -0.352 e. The summed E-state index contributed by atoms with van der Waals surface area (Å²) in [4.78, 5) is 32.2. The second-order valence-electron chi connectivity index (χ2n) is 12.6. The third-order valence-electron chi connectivity index (χ3n) is 10.1. The van der Waals surface area contributed by atoms with Gasteiger partial charge in [0.1, 0.15) is 0 Å². The lowest BCUT2D eigenvalue weighted by Gasteiger charge is -2.61. The van der Waals surface area contributed by atoms with Crippen molar-refractivity contribution in [2.75, 3.05) is 0 Å². The second-order valence-corrected chi connectivity index (χ2v) is 14.5. The summed E-state index contributed by atoms with van der Waals surface area (Å²) in [5.74, 6) is 2.66. The van der Waals surface area contributed by atoms with Crippen molar-refractivity contribution in [1.29, 1.82) is 0 Å². The fraction of sp³-hybridized carbons (Fsp3) is 0.958. The van der Waals surface area contributed by atoms with Crippen LogP contribution in [0.5, 0.6) is 0 Å². The molecule has 0 aromatic carbocycles. The van der Waals surface area contributed by atoms with E-state index in [1.54, 1.807) is 0 Å². The van der Waals surface area contributed by atoms with Gasteiger partial charge in [0.05, 0.1) is 5.66 Å². The first kappa shape index (κ1) is 22.8. The molecule has 0 aliphatic heterocycles. The molecule has 4 aliphatic carbocycles. The number of amides is 1. The van der Waals surface area contributed by atoms with E-state index in [0.29, 0.717) is 36.5 Å². The summed E-state index contributed by atoms with van der Waals surface area (Å²) in [7, 11) is -3.98. The van der Waals surface area contributed by atoms with Crippen LogP contribution in [-0.4, -0.2) is 27.4 Å². The first-order chi connectivity index (χ1) is 13.8. The SMILES string of the molecule is CC(C)(C)C(=O)NC1CC[C@H]2[C@@H]3CCC4CC(P(=O)(O)O)CC[C@]4(C)[C@@H]3CC[C@]12C. The summed E-state index contributed by atoms with van der Waals surface area (Å²) in [6.07, 6.45) is 9.31. The van der Waals surface area contributed by atoms with Gasteiger partial charge in [0, 0.05) is 11.5 Å². The molecule has 6 heteroatoms. The summed E-state index contributed by atoms with van der Waals surface area (Å²) >= 11 is 0. The topological polar surface area (TPSA) is 86.6 Å². The van der Waals surface area contributed by atoms with Gasteiger partial charge in [-0.3, -0.25) is 9.36 Å². The standard InChI is InChI=1S/C24H42NO4P/c1-22(2,3)21(26)25-20-9-8-18-17-7-6-15-14-16(30(27,28)29)10-12-23(15,4)19(17)11-13-24(18,20)5/h15-20H,6-14H2,1-5H3,(H,25,26)(H2,27,28,29)/t15?,16?,17-,18-,19+,20?,23-,24-/m0/s1. The summed E-state index contributed by atoms with van der Waals surface area (Å²) in [6, 6.07) is 0.283. The number of hydrogen-bond donors (Lipinski definition) is 3. The van der Waals surface area contributed by atoms with Crippen LogP contribution in [0.2, 0.25) is 0 Å². The number of carbonyl (C=O) groups excluding carboxylic acids is 1. The van der Waals surface area contributed by atoms with Gasteiger partial charge in [-0.25, -0.2) is 0 Å². The molecule has 8 atom stereocenters. The molecule has 4 saturated carbocycles. The van der Waals surface area contributed by atoms with Gasteiger partial charge in [0.2, 0.25) is 5.91 Å². The van der Waals surface area contributed by atoms with Gasteiger partial charge < -0.3 is 15.1 Å². The van der Waals surface area contributed by atoms with Crippen molar-refractivity contribution in [2.45, 2.75) is 104 Å². The van der Waals surface area contributed by atoms with E-state index in [2.05, 4.69) is 19.2 Å². The second kappa shape index (κ2) is 7.32. The van der Waals surface area contributed by atoms with Crippen LogP contribution in [0.3, 0.4) is 0 Å². The summed E-state index contributed by atoms with van der Waals surface area (Å²) in [5, 5.41) is 3.42. The Morgan fingerprint density at radius 3 is 2.20 bits per heavy atom. The van der Waals surface area contributed by atoms with Crippen LogP contribution in [-0.2, 0) is 9.36 Å². The van der Waals surface area contributed by atoms with E-state index in [4.69, 9.17) is 0 Å². The molecule has 0 heterocycles. The Bertz CT molecular complexity index is 742. The molecule has 0 saturated heterocycles. The molecule has 30 heavy (non-hydrogen) atoms.